The average molecular weight is 297 g/mol. The van der Waals surface area contributed by atoms with Crippen LogP contribution in [0.15, 0.2) is 42.6 Å². The van der Waals surface area contributed by atoms with Gasteiger partial charge < -0.3 is 10.6 Å². The van der Waals surface area contributed by atoms with Crippen molar-refractivity contribution in [2.75, 3.05) is 23.7 Å². The van der Waals surface area contributed by atoms with Gasteiger partial charge in [-0.15, -0.1) is 0 Å². The molecule has 0 saturated carbocycles. The van der Waals surface area contributed by atoms with Gasteiger partial charge in [0.2, 0.25) is 0 Å². The molecule has 112 valence electrons. The van der Waals surface area contributed by atoms with Gasteiger partial charge in [-0.25, -0.2) is 4.98 Å². The van der Waals surface area contributed by atoms with E-state index in [1.807, 2.05) is 24.3 Å². The molecule has 7 heteroatoms. The minimum Gasteiger partial charge on any atom is -0.384 e. The molecule has 0 atom stereocenters. The topological polar surface area (TPSA) is 104 Å². The number of aromatic nitrogens is 1. The number of pyridine rings is 1. The molecule has 2 aromatic rings. The lowest BCUT2D eigenvalue weighted by atomic mass is 10.1. The highest BCUT2D eigenvalue weighted by molar-refractivity contribution is 5.61. The van der Waals surface area contributed by atoms with Crippen molar-refractivity contribution in [1.82, 2.24) is 4.98 Å². The summed E-state index contributed by atoms with van der Waals surface area (Å²) in [5.41, 5.74) is 0.789. The molecule has 0 amide bonds. The maximum Gasteiger partial charge on any atom is 0.270 e. The molecule has 1 aromatic heterocycles. The third kappa shape index (κ3) is 4.18. The second kappa shape index (κ2) is 7.59. The summed E-state index contributed by atoms with van der Waals surface area (Å²) in [7, 11) is 0. The molecule has 1 heterocycles. The number of nitro groups is 1. The Morgan fingerprint density at radius 2 is 2.05 bits per heavy atom. The quantitative estimate of drug-likeness (QED) is 0.462. The van der Waals surface area contributed by atoms with Crippen molar-refractivity contribution in [2.24, 2.45) is 0 Å². The van der Waals surface area contributed by atoms with E-state index in [0.29, 0.717) is 12.2 Å². The predicted octanol–water partition coefficient (Wildman–Crippen LogP) is 2.78. The van der Waals surface area contributed by atoms with E-state index < -0.39 is 4.92 Å². The van der Waals surface area contributed by atoms with Crippen molar-refractivity contribution in [1.29, 1.82) is 5.26 Å². The van der Waals surface area contributed by atoms with Gasteiger partial charge in [-0.05, 0) is 24.6 Å². The molecular weight excluding hydrogens is 282 g/mol. The number of hydrogen-bond donors (Lipinski definition) is 2. The summed E-state index contributed by atoms with van der Waals surface area (Å²) in [6.45, 7) is 1.38. The van der Waals surface area contributed by atoms with E-state index in [4.69, 9.17) is 5.26 Å². The molecule has 7 nitrogen and oxygen atoms in total. The SMILES string of the molecule is N#Cc1cc([N+](=O)[O-])ccc1NCCCNc1ccccn1. The number of rotatable bonds is 7. The molecule has 0 aliphatic heterocycles. The number of nitrogens with zero attached hydrogens (tertiary/aromatic N) is 3. The normalized spacial score (nSPS) is 9.77. The number of nitrogens with one attached hydrogen (secondary N) is 2. The Balaban J connectivity index is 1.82. The van der Waals surface area contributed by atoms with Crippen LogP contribution in [-0.2, 0) is 0 Å². The van der Waals surface area contributed by atoms with Crippen molar-refractivity contribution < 1.29 is 4.92 Å². The summed E-state index contributed by atoms with van der Waals surface area (Å²) in [6.07, 6.45) is 2.54. The molecule has 0 saturated heterocycles. The number of anilines is 2. The highest BCUT2D eigenvalue weighted by atomic mass is 16.6. The van der Waals surface area contributed by atoms with Crippen LogP contribution in [0.4, 0.5) is 17.2 Å². The molecule has 1 aromatic carbocycles. The number of hydrogen-bond acceptors (Lipinski definition) is 6. The Labute approximate surface area is 127 Å². The van der Waals surface area contributed by atoms with E-state index in [1.54, 1.807) is 12.3 Å². The lowest BCUT2D eigenvalue weighted by molar-refractivity contribution is -0.384. The van der Waals surface area contributed by atoms with Gasteiger partial charge in [0.15, 0.2) is 0 Å². The summed E-state index contributed by atoms with van der Waals surface area (Å²) in [5, 5.41) is 26.0. The fourth-order valence-electron chi connectivity index (χ4n) is 1.89. The van der Waals surface area contributed by atoms with Crippen LogP contribution in [-0.4, -0.2) is 23.0 Å². The molecular formula is C15H15N5O2. The smallest absolute Gasteiger partial charge is 0.270 e. The fraction of sp³-hybridized carbons (Fsp3) is 0.200. The van der Waals surface area contributed by atoms with Crippen LogP contribution in [0.5, 0.6) is 0 Å². The molecule has 0 fully saturated rings. The van der Waals surface area contributed by atoms with Gasteiger partial charge in [-0.1, -0.05) is 6.07 Å². The molecule has 0 bridgehead atoms. The summed E-state index contributed by atoms with van der Waals surface area (Å²) in [6, 6.07) is 11.8. The minimum atomic E-state index is -0.513. The molecule has 2 rings (SSSR count). The lowest BCUT2D eigenvalue weighted by Crippen LogP contribution is -2.10. The largest absolute Gasteiger partial charge is 0.384 e. The summed E-state index contributed by atoms with van der Waals surface area (Å²) < 4.78 is 0. The van der Waals surface area contributed by atoms with Crippen LogP contribution in [0.3, 0.4) is 0 Å². The van der Waals surface area contributed by atoms with Crippen LogP contribution in [0.25, 0.3) is 0 Å². The van der Waals surface area contributed by atoms with Crippen molar-refractivity contribution in [3.63, 3.8) is 0 Å². The van der Waals surface area contributed by atoms with Crippen LogP contribution in [0.1, 0.15) is 12.0 Å². The van der Waals surface area contributed by atoms with Gasteiger partial charge in [0, 0.05) is 31.4 Å². The van der Waals surface area contributed by atoms with E-state index in [9.17, 15) is 10.1 Å². The zero-order valence-electron chi connectivity index (χ0n) is 11.8. The maximum atomic E-state index is 10.7. The van der Waals surface area contributed by atoms with Crippen LogP contribution in [0, 0.1) is 21.4 Å². The van der Waals surface area contributed by atoms with Gasteiger partial charge in [0.05, 0.1) is 16.2 Å². The zero-order chi connectivity index (χ0) is 15.8. The van der Waals surface area contributed by atoms with Crippen LogP contribution < -0.4 is 10.6 Å². The predicted molar refractivity (Wildman–Crippen MR) is 83.6 cm³/mol. The molecule has 0 unspecified atom stereocenters. The second-order valence-electron chi connectivity index (χ2n) is 4.52. The maximum absolute atomic E-state index is 10.7. The number of nitriles is 1. The first-order valence-corrected chi connectivity index (χ1v) is 6.78. The fourth-order valence-corrected chi connectivity index (χ4v) is 1.89. The van der Waals surface area contributed by atoms with Gasteiger partial charge in [0.1, 0.15) is 11.9 Å². The third-order valence-corrected chi connectivity index (χ3v) is 2.97. The van der Waals surface area contributed by atoms with E-state index in [-0.39, 0.29) is 11.3 Å². The Morgan fingerprint density at radius 1 is 1.23 bits per heavy atom. The van der Waals surface area contributed by atoms with Crippen molar-refractivity contribution in [3.05, 3.63) is 58.3 Å². The van der Waals surface area contributed by atoms with E-state index in [0.717, 1.165) is 18.8 Å². The molecule has 0 spiro atoms. The molecule has 0 aliphatic rings. The van der Waals surface area contributed by atoms with Crippen molar-refractivity contribution in [3.8, 4) is 6.07 Å². The standard InChI is InChI=1S/C15H15N5O2/c16-11-12-10-13(20(21)22)5-6-14(12)17-8-3-9-19-15-4-1-2-7-18-15/h1-2,4-7,10,17H,3,8-9H2,(H,18,19). The number of nitro benzene ring substituents is 1. The van der Waals surface area contributed by atoms with Crippen molar-refractivity contribution >= 4 is 17.2 Å². The minimum absolute atomic E-state index is 0.0843. The monoisotopic (exact) mass is 297 g/mol. The zero-order valence-corrected chi connectivity index (χ0v) is 11.8. The van der Waals surface area contributed by atoms with Gasteiger partial charge >= 0.3 is 0 Å². The summed E-state index contributed by atoms with van der Waals surface area (Å²) >= 11 is 0. The number of benzene rings is 1. The number of non-ortho nitro benzene ring substituents is 1. The summed E-state index contributed by atoms with van der Waals surface area (Å²) in [5.74, 6) is 0.815. The first-order chi connectivity index (χ1) is 10.7. The van der Waals surface area contributed by atoms with E-state index in [2.05, 4.69) is 15.6 Å². The second-order valence-corrected chi connectivity index (χ2v) is 4.52. The van der Waals surface area contributed by atoms with Gasteiger partial charge in [0.25, 0.3) is 5.69 Å². The van der Waals surface area contributed by atoms with Crippen LogP contribution >= 0.6 is 0 Å². The van der Waals surface area contributed by atoms with Crippen LogP contribution in [0.2, 0.25) is 0 Å². The molecule has 0 radical (unpaired) electrons. The Kier molecular flexibility index (Phi) is 5.26. The molecule has 22 heavy (non-hydrogen) atoms. The summed E-state index contributed by atoms with van der Waals surface area (Å²) in [4.78, 5) is 14.3. The average Bonchev–Trinajstić information content (AvgIpc) is 2.55. The first kappa shape index (κ1) is 15.3. The third-order valence-electron chi connectivity index (χ3n) is 2.97. The van der Waals surface area contributed by atoms with Gasteiger partial charge in [-0.3, -0.25) is 10.1 Å². The Bertz CT molecular complexity index is 682. The Morgan fingerprint density at radius 3 is 2.73 bits per heavy atom. The van der Waals surface area contributed by atoms with E-state index >= 15 is 0 Å². The Hall–Kier alpha value is -3.14. The highest BCUT2D eigenvalue weighted by Crippen LogP contribution is 2.21. The molecule has 0 aliphatic carbocycles. The molecule has 2 N–H and O–H groups in total. The van der Waals surface area contributed by atoms with Gasteiger partial charge in [-0.2, -0.15) is 5.26 Å². The van der Waals surface area contributed by atoms with E-state index in [1.165, 1.54) is 12.1 Å². The van der Waals surface area contributed by atoms with Crippen molar-refractivity contribution in [2.45, 2.75) is 6.42 Å². The highest BCUT2D eigenvalue weighted by Gasteiger charge is 2.09. The first-order valence-electron chi connectivity index (χ1n) is 6.78. The lowest BCUT2D eigenvalue weighted by Gasteiger charge is -2.09.